The SMILES string of the molecule is C=CCc1cc(F)cc(OCC(C)C)c1. The quantitative estimate of drug-likeness (QED) is 0.672. The Bertz CT molecular complexity index is 331. The Hall–Kier alpha value is -1.31. The van der Waals surface area contributed by atoms with Crippen molar-refractivity contribution in [1.82, 2.24) is 0 Å². The van der Waals surface area contributed by atoms with Crippen molar-refractivity contribution in [3.8, 4) is 5.75 Å². The van der Waals surface area contributed by atoms with Gasteiger partial charge in [0, 0.05) is 6.07 Å². The van der Waals surface area contributed by atoms with E-state index in [4.69, 9.17) is 4.74 Å². The van der Waals surface area contributed by atoms with E-state index >= 15 is 0 Å². The molecule has 0 radical (unpaired) electrons. The van der Waals surface area contributed by atoms with E-state index in [1.807, 2.05) is 6.07 Å². The Kier molecular flexibility index (Phi) is 4.35. The minimum absolute atomic E-state index is 0.256. The van der Waals surface area contributed by atoms with E-state index in [0.29, 0.717) is 24.7 Å². The fourth-order valence-electron chi connectivity index (χ4n) is 1.25. The number of ether oxygens (including phenoxy) is 1. The highest BCUT2D eigenvalue weighted by Crippen LogP contribution is 2.17. The summed E-state index contributed by atoms with van der Waals surface area (Å²) in [6, 6.07) is 4.77. The van der Waals surface area contributed by atoms with Crippen LogP contribution in [0.3, 0.4) is 0 Å². The molecule has 0 unspecified atom stereocenters. The zero-order valence-corrected chi connectivity index (χ0v) is 9.29. The molecule has 15 heavy (non-hydrogen) atoms. The number of hydrogen-bond acceptors (Lipinski definition) is 1. The lowest BCUT2D eigenvalue weighted by molar-refractivity contribution is 0.269. The third-order valence-electron chi connectivity index (χ3n) is 1.89. The summed E-state index contributed by atoms with van der Waals surface area (Å²) in [5.74, 6) is 0.782. The summed E-state index contributed by atoms with van der Waals surface area (Å²) in [6.07, 6.45) is 2.41. The van der Waals surface area contributed by atoms with E-state index in [9.17, 15) is 4.39 Å². The normalized spacial score (nSPS) is 10.4. The Morgan fingerprint density at radius 1 is 1.40 bits per heavy atom. The first kappa shape index (κ1) is 11.8. The smallest absolute Gasteiger partial charge is 0.127 e. The van der Waals surface area contributed by atoms with Gasteiger partial charge in [-0.15, -0.1) is 6.58 Å². The van der Waals surface area contributed by atoms with Gasteiger partial charge in [0.05, 0.1) is 6.61 Å². The number of rotatable bonds is 5. The van der Waals surface area contributed by atoms with Crippen LogP contribution in [0.1, 0.15) is 19.4 Å². The van der Waals surface area contributed by atoms with Crippen molar-refractivity contribution in [2.45, 2.75) is 20.3 Å². The zero-order valence-electron chi connectivity index (χ0n) is 9.29. The third-order valence-corrected chi connectivity index (χ3v) is 1.89. The van der Waals surface area contributed by atoms with Gasteiger partial charge in [0.25, 0.3) is 0 Å². The standard InChI is InChI=1S/C13H17FO/c1-4-5-11-6-12(14)8-13(7-11)15-9-10(2)3/h4,6-8,10H,1,5,9H2,2-3H3. The summed E-state index contributed by atoms with van der Waals surface area (Å²) < 4.78 is 18.6. The van der Waals surface area contributed by atoms with Crippen molar-refractivity contribution in [2.24, 2.45) is 5.92 Å². The van der Waals surface area contributed by atoms with Crippen LogP contribution in [0.5, 0.6) is 5.75 Å². The zero-order chi connectivity index (χ0) is 11.3. The maximum Gasteiger partial charge on any atom is 0.127 e. The molecule has 0 N–H and O–H groups in total. The van der Waals surface area contributed by atoms with Crippen LogP contribution in [0.15, 0.2) is 30.9 Å². The predicted octanol–water partition coefficient (Wildman–Crippen LogP) is 3.59. The van der Waals surface area contributed by atoms with Crippen LogP contribution in [0.4, 0.5) is 4.39 Å². The maximum absolute atomic E-state index is 13.2. The Morgan fingerprint density at radius 2 is 2.13 bits per heavy atom. The summed E-state index contributed by atoms with van der Waals surface area (Å²) in [5, 5.41) is 0. The first-order valence-corrected chi connectivity index (χ1v) is 5.15. The monoisotopic (exact) mass is 208 g/mol. The molecule has 1 rings (SSSR count). The van der Waals surface area contributed by atoms with Crippen LogP contribution >= 0.6 is 0 Å². The van der Waals surface area contributed by atoms with Gasteiger partial charge in [-0.25, -0.2) is 4.39 Å². The topological polar surface area (TPSA) is 9.23 Å². The number of halogens is 1. The van der Waals surface area contributed by atoms with Gasteiger partial charge in [-0.05, 0) is 30.0 Å². The molecule has 2 heteroatoms. The summed E-state index contributed by atoms with van der Waals surface area (Å²) in [7, 11) is 0. The highest BCUT2D eigenvalue weighted by Gasteiger charge is 2.02. The van der Waals surface area contributed by atoms with Gasteiger partial charge in [0.2, 0.25) is 0 Å². The molecule has 0 spiro atoms. The minimum atomic E-state index is -0.256. The molecule has 0 aliphatic carbocycles. The van der Waals surface area contributed by atoms with Crippen molar-refractivity contribution in [1.29, 1.82) is 0 Å². The molecule has 1 nitrogen and oxygen atoms in total. The molecule has 0 fully saturated rings. The van der Waals surface area contributed by atoms with Gasteiger partial charge in [-0.1, -0.05) is 19.9 Å². The molecule has 0 saturated heterocycles. The third kappa shape index (κ3) is 4.15. The van der Waals surface area contributed by atoms with Crippen molar-refractivity contribution >= 4 is 0 Å². The molecule has 0 saturated carbocycles. The van der Waals surface area contributed by atoms with Crippen molar-refractivity contribution in [3.05, 3.63) is 42.2 Å². The molecule has 0 amide bonds. The van der Waals surface area contributed by atoms with Crippen LogP contribution in [0, 0.1) is 11.7 Å². The van der Waals surface area contributed by atoms with E-state index in [1.54, 1.807) is 6.08 Å². The van der Waals surface area contributed by atoms with Gasteiger partial charge in [0.1, 0.15) is 11.6 Å². The van der Waals surface area contributed by atoms with Crippen LogP contribution in [0.25, 0.3) is 0 Å². The Morgan fingerprint density at radius 3 is 2.73 bits per heavy atom. The lowest BCUT2D eigenvalue weighted by Crippen LogP contribution is -2.05. The minimum Gasteiger partial charge on any atom is -0.493 e. The average Bonchev–Trinajstić information content (AvgIpc) is 2.14. The fraction of sp³-hybridized carbons (Fsp3) is 0.385. The second kappa shape index (κ2) is 5.54. The lowest BCUT2D eigenvalue weighted by atomic mass is 10.1. The average molecular weight is 208 g/mol. The molecular weight excluding hydrogens is 191 g/mol. The molecule has 0 heterocycles. The van der Waals surface area contributed by atoms with E-state index in [0.717, 1.165) is 5.56 Å². The summed E-state index contributed by atoms with van der Waals surface area (Å²) in [5.41, 5.74) is 0.892. The van der Waals surface area contributed by atoms with E-state index < -0.39 is 0 Å². The molecule has 0 bridgehead atoms. The fourth-order valence-corrected chi connectivity index (χ4v) is 1.25. The Balaban J connectivity index is 2.74. The van der Waals surface area contributed by atoms with Crippen LogP contribution in [-0.4, -0.2) is 6.61 Å². The van der Waals surface area contributed by atoms with Crippen molar-refractivity contribution in [3.63, 3.8) is 0 Å². The lowest BCUT2D eigenvalue weighted by Gasteiger charge is -2.09. The largest absolute Gasteiger partial charge is 0.493 e. The molecule has 0 aliphatic rings. The van der Waals surface area contributed by atoms with Crippen LogP contribution in [-0.2, 0) is 6.42 Å². The summed E-state index contributed by atoms with van der Waals surface area (Å²) in [4.78, 5) is 0. The van der Waals surface area contributed by atoms with Crippen molar-refractivity contribution in [2.75, 3.05) is 6.61 Å². The number of allylic oxidation sites excluding steroid dienone is 1. The van der Waals surface area contributed by atoms with Crippen molar-refractivity contribution < 1.29 is 9.13 Å². The van der Waals surface area contributed by atoms with Gasteiger partial charge in [-0.2, -0.15) is 0 Å². The highest BCUT2D eigenvalue weighted by atomic mass is 19.1. The van der Waals surface area contributed by atoms with Crippen LogP contribution < -0.4 is 4.74 Å². The molecular formula is C13H17FO. The first-order valence-electron chi connectivity index (χ1n) is 5.15. The van der Waals surface area contributed by atoms with E-state index in [-0.39, 0.29) is 5.82 Å². The molecule has 82 valence electrons. The highest BCUT2D eigenvalue weighted by molar-refractivity contribution is 5.30. The van der Waals surface area contributed by atoms with Gasteiger partial charge < -0.3 is 4.74 Å². The second-order valence-corrected chi connectivity index (χ2v) is 3.99. The molecule has 0 atom stereocenters. The molecule has 1 aromatic rings. The van der Waals surface area contributed by atoms with Crippen LogP contribution in [0.2, 0.25) is 0 Å². The first-order chi connectivity index (χ1) is 7.11. The van der Waals surface area contributed by atoms with Gasteiger partial charge >= 0.3 is 0 Å². The molecule has 0 aromatic heterocycles. The predicted molar refractivity (Wildman–Crippen MR) is 60.6 cm³/mol. The second-order valence-electron chi connectivity index (χ2n) is 3.99. The Labute approximate surface area is 90.6 Å². The molecule has 1 aromatic carbocycles. The maximum atomic E-state index is 13.2. The van der Waals surface area contributed by atoms with Gasteiger partial charge in [-0.3, -0.25) is 0 Å². The van der Waals surface area contributed by atoms with E-state index in [1.165, 1.54) is 12.1 Å². The van der Waals surface area contributed by atoms with E-state index in [2.05, 4.69) is 20.4 Å². The number of hydrogen-bond donors (Lipinski definition) is 0. The summed E-state index contributed by atoms with van der Waals surface area (Å²) in [6.45, 7) is 8.35. The van der Waals surface area contributed by atoms with Gasteiger partial charge in [0.15, 0.2) is 0 Å². The number of benzene rings is 1. The summed E-state index contributed by atoms with van der Waals surface area (Å²) >= 11 is 0. The molecule has 0 aliphatic heterocycles.